The summed E-state index contributed by atoms with van der Waals surface area (Å²) >= 11 is 0. The first kappa shape index (κ1) is 19.4. The molecule has 0 heterocycles. The molecule has 0 unspecified atom stereocenters. The van der Waals surface area contributed by atoms with Crippen molar-refractivity contribution in [3.05, 3.63) is 41.5 Å². The average Bonchev–Trinajstić information content (AvgIpc) is 2.65. The lowest BCUT2D eigenvalue weighted by atomic mass is 10.1. The minimum absolute atomic E-state index is 0.161. The highest BCUT2D eigenvalue weighted by atomic mass is 16.5. The van der Waals surface area contributed by atoms with Gasteiger partial charge in [0.2, 0.25) is 11.7 Å². The Labute approximate surface area is 154 Å². The maximum Gasteiger partial charge on any atom is 0.243 e. The van der Waals surface area contributed by atoms with Crippen LogP contribution in [0, 0.1) is 6.92 Å². The lowest BCUT2D eigenvalue weighted by Crippen LogP contribution is -2.22. The van der Waals surface area contributed by atoms with Gasteiger partial charge in [0.1, 0.15) is 0 Å². The van der Waals surface area contributed by atoms with Gasteiger partial charge in [-0.2, -0.15) is 0 Å². The average molecular weight is 358 g/mol. The van der Waals surface area contributed by atoms with Crippen LogP contribution < -0.4 is 24.8 Å². The highest BCUT2D eigenvalue weighted by molar-refractivity contribution is 5.94. The zero-order valence-corrected chi connectivity index (χ0v) is 15.9. The van der Waals surface area contributed by atoms with Gasteiger partial charge in [-0.3, -0.25) is 4.79 Å². The summed E-state index contributed by atoms with van der Waals surface area (Å²) in [7, 11) is 4.61. The van der Waals surface area contributed by atoms with E-state index in [4.69, 9.17) is 14.2 Å². The summed E-state index contributed by atoms with van der Waals surface area (Å²) in [6.45, 7) is 4.28. The Kier molecular flexibility index (Phi) is 6.72. The van der Waals surface area contributed by atoms with E-state index in [2.05, 4.69) is 23.6 Å². The number of methoxy groups -OCH3 is 3. The zero-order valence-electron chi connectivity index (χ0n) is 15.9. The summed E-state index contributed by atoms with van der Waals surface area (Å²) in [5.41, 5.74) is 3.89. The third-order valence-corrected chi connectivity index (χ3v) is 4.11. The molecular weight excluding hydrogens is 332 g/mol. The molecule has 2 rings (SSSR count). The SMILES string of the molecule is CCc1cccc(C)c1NCC(=O)Nc1cc(OC)c(OC)c(OC)c1. The molecule has 0 saturated heterocycles. The lowest BCUT2D eigenvalue weighted by Gasteiger charge is -2.16. The van der Waals surface area contributed by atoms with Crippen LogP contribution in [-0.4, -0.2) is 33.8 Å². The second-order valence-corrected chi connectivity index (χ2v) is 5.78. The molecule has 6 heteroatoms. The fourth-order valence-corrected chi connectivity index (χ4v) is 2.80. The maximum absolute atomic E-state index is 12.4. The number of nitrogens with one attached hydrogen (secondary N) is 2. The Morgan fingerprint density at radius 2 is 1.69 bits per heavy atom. The van der Waals surface area contributed by atoms with Gasteiger partial charge in [-0.25, -0.2) is 0 Å². The van der Waals surface area contributed by atoms with Crippen LogP contribution in [0.25, 0.3) is 0 Å². The summed E-state index contributed by atoms with van der Waals surface area (Å²) in [6.07, 6.45) is 0.901. The molecule has 0 radical (unpaired) electrons. The van der Waals surface area contributed by atoms with Crippen LogP contribution in [0.5, 0.6) is 17.2 Å². The minimum Gasteiger partial charge on any atom is -0.493 e. The van der Waals surface area contributed by atoms with Gasteiger partial charge in [0.15, 0.2) is 11.5 Å². The highest BCUT2D eigenvalue weighted by Gasteiger charge is 2.14. The molecule has 6 nitrogen and oxygen atoms in total. The maximum atomic E-state index is 12.4. The topological polar surface area (TPSA) is 68.8 Å². The lowest BCUT2D eigenvalue weighted by molar-refractivity contribution is -0.114. The Morgan fingerprint density at radius 1 is 1.04 bits per heavy atom. The van der Waals surface area contributed by atoms with Gasteiger partial charge in [-0.05, 0) is 24.5 Å². The Hall–Kier alpha value is -2.89. The highest BCUT2D eigenvalue weighted by Crippen LogP contribution is 2.39. The Balaban J connectivity index is 2.11. The molecule has 0 fully saturated rings. The van der Waals surface area contributed by atoms with Gasteiger partial charge in [0.05, 0.1) is 27.9 Å². The number of anilines is 2. The molecule has 0 aliphatic carbocycles. The number of hydrogen-bond acceptors (Lipinski definition) is 5. The van der Waals surface area contributed by atoms with Gasteiger partial charge in [0, 0.05) is 23.5 Å². The molecule has 0 aliphatic rings. The first-order valence-electron chi connectivity index (χ1n) is 8.46. The van der Waals surface area contributed by atoms with E-state index in [1.165, 1.54) is 26.9 Å². The fraction of sp³-hybridized carbons (Fsp3) is 0.350. The molecule has 0 saturated carbocycles. The van der Waals surface area contributed by atoms with Crippen LogP contribution in [0.1, 0.15) is 18.1 Å². The van der Waals surface area contributed by atoms with Gasteiger partial charge in [-0.15, -0.1) is 0 Å². The third kappa shape index (κ3) is 4.39. The Morgan fingerprint density at radius 3 is 2.23 bits per heavy atom. The first-order valence-corrected chi connectivity index (χ1v) is 8.46. The number of hydrogen-bond donors (Lipinski definition) is 2. The van der Waals surface area contributed by atoms with Crippen molar-refractivity contribution in [2.24, 2.45) is 0 Å². The molecule has 0 aromatic heterocycles. The van der Waals surface area contributed by atoms with Crippen molar-refractivity contribution in [2.45, 2.75) is 20.3 Å². The molecule has 0 aliphatic heterocycles. The van der Waals surface area contributed by atoms with E-state index in [-0.39, 0.29) is 12.5 Å². The van der Waals surface area contributed by atoms with E-state index in [1.54, 1.807) is 12.1 Å². The van der Waals surface area contributed by atoms with Crippen molar-refractivity contribution >= 4 is 17.3 Å². The summed E-state index contributed by atoms with van der Waals surface area (Å²) in [4.78, 5) is 12.4. The number of benzene rings is 2. The van der Waals surface area contributed by atoms with Crippen LogP contribution in [-0.2, 0) is 11.2 Å². The van der Waals surface area contributed by atoms with Gasteiger partial charge in [-0.1, -0.05) is 25.1 Å². The number of ether oxygens (including phenoxy) is 3. The predicted molar refractivity (Wildman–Crippen MR) is 104 cm³/mol. The monoisotopic (exact) mass is 358 g/mol. The van der Waals surface area contributed by atoms with Crippen LogP contribution in [0.2, 0.25) is 0 Å². The molecule has 0 atom stereocenters. The van der Waals surface area contributed by atoms with Crippen molar-refractivity contribution in [3.63, 3.8) is 0 Å². The molecule has 0 spiro atoms. The second kappa shape index (κ2) is 8.99. The third-order valence-electron chi connectivity index (χ3n) is 4.11. The van der Waals surface area contributed by atoms with Crippen LogP contribution in [0.3, 0.4) is 0 Å². The summed E-state index contributed by atoms with van der Waals surface area (Å²) in [6, 6.07) is 9.51. The van der Waals surface area contributed by atoms with Gasteiger partial charge < -0.3 is 24.8 Å². The fourth-order valence-electron chi connectivity index (χ4n) is 2.80. The van der Waals surface area contributed by atoms with Crippen molar-refractivity contribution < 1.29 is 19.0 Å². The minimum atomic E-state index is -0.162. The number of carbonyl (C=O) groups is 1. The largest absolute Gasteiger partial charge is 0.493 e. The Bertz CT molecular complexity index is 749. The van der Waals surface area contributed by atoms with Crippen molar-refractivity contribution in [1.82, 2.24) is 0 Å². The first-order chi connectivity index (χ1) is 12.5. The predicted octanol–water partition coefficient (Wildman–Crippen LogP) is 3.63. The van der Waals surface area contributed by atoms with Crippen molar-refractivity contribution in [1.29, 1.82) is 0 Å². The van der Waals surface area contributed by atoms with E-state index in [1.807, 2.05) is 19.1 Å². The number of rotatable bonds is 8. The van der Waals surface area contributed by atoms with Gasteiger partial charge >= 0.3 is 0 Å². The number of para-hydroxylation sites is 1. The van der Waals surface area contributed by atoms with E-state index in [0.29, 0.717) is 22.9 Å². The van der Waals surface area contributed by atoms with Crippen molar-refractivity contribution in [2.75, 3.05) is 38.5 Å². The normalized spacial score (nSPS) is 10.2. The number of aryl methyl sites for hydroxylation is 2. The number of amides is 1. The van der Waals surface area contributed by atoms with Crippen LogP contribution in [0.4, 0.5) is 11.4 Å². The summed E-state index contributed by atoms with van der Waals surface area (Å²) in [5.74, 6) is 1.30. The van der Waals surface area contributed by atoms with Crippen molar-refractivity contribution in [3.8, 4) is 17.2 Å². The van der Waals surface area contributed by atoms with E-state index in [9.17, 15) is 4.79 Å². The summed E-state index contributed by atoms with van der Waals surface area (Å²) < 4.78 is 15.9. The molecule has 2 aromatic rings. The van der Waals surface area contributed by atoms with E-state index in [0.717, 1.165) is 17.7 Å². The smallest absolute Gasteiger partial charge is 0.243 e. The van der Waals surface area contributed by atoms with E-state index < -0.39 is 0 Å². The molecule has 2 aromatic carbocycles. The second-order valence-electron chi connectivity index (χ2n) is 5.78. The number of carbonyl (C=O) groups excluding carboxylic acids is 1. The quantitative estimate of drug-likeness (QED) is 0.754. The molecule has 0 bridgehead atoms. The molecule has 26 heavy (non-hydrogen) atoms. The molecule has 1 amide bonds. The van der Waals surface area contributed by atoms with E-state index >= 15 is 0 Å². The standard InChI is InChI=1S/C20H26N2O4/c1-6-14-9-7-8-13(2)19(14)21-12-18(23)22-15-10-16(24-3)20(26-5)17(11-15)25-4/h7-11,21H,6,12H2,1-5H3,(H,22,23). The van der Waals surface area contributed by atoms with Crippen LogP contribution in [0.15, 0.2) is 30.3 Å². The van der Waals surface area contributed by atoms with Gasteiger partial charge in [0.25, 0.3) is 0 Å². The summed E-state index contributed by atoms with van der Waals surface area (Å²) in [5, 5.41) is 6.09. The zero-order chi connectivity index (χ0) is 19.1. The molecule has 140 valence electrons. The van der Waals surface area contributed by atoms with Crippen LogP contribution >= 0.6 is 0 Å². The molecule has 2 N–H and O–H groups in total. The molecular formula is C20H26N2O4.